The molecule has 1 atom stereocenters. The highest BCUT2D eigenvalue weighted by atomic mass is 19.1. The number of carbonyl (C=O) groups is 2. The molecule has 0 bridgehead atoms. The summed E-state index contributed by atoms with van der Waals surface area (Å²) in [5, 5.41) is 11.7. The van der Waals surface area contributed by atoms with Crippen LogP contribution in [-0.4, -0.2) is 34.9 Å². The molecule has 0 spiro atoms. The maximum atomic E-state index is 13.7. The van der Waals surface area contributed by atoms with Crippen LogP contribution < -0.4 is 5.32 Å². The average Bonchev–Trinajstić information content (AvgIpc) is 3.34. The van der Waals surface area contributed by atoms with E-state index < -0.39 is 5.82 Å². The number of nitrogens with zero attached hydrogens (tertiary/aromatic N) is 1. The Morgan fingerprint density at radius 1 is 1.23 bits per heavy atom. The molecule has 0 unspecified atom stereocenters. The quantitative estimate of drug-likeness (QED) is 0.840. The van der Waals surface area contributed by atoms with Crippen LogP contribution in [0.15, 0.2) is 18.2 Å². The Balaban J connectivity index is 1.62. The summed E-state index contributed by atoms with van der Waals surface area (Å²) in [6.45, 7) is 1.10. The molecule has 2 N–H and O–H groups in total. The predicted molar refractivity (Wildman–Crippen MR) is 78.7 cm³/mol. The lowest BCUT2D eigenvalue weighted by Gasteiger charge is -2.32. The second-order valence-corrected chi connectivity index (χ2v) is 6.05. The highest BCUT2D eigenvalue weighted by Crippen LogP contribution is 2.32. The van der Waals surface area contributed by atoms with Crippen LogP contribution in [0.5, 0.6) is 5.75 Å². The molecule has 2 fully saturated rings. The number of likely N-dealkylation sites (tertiary alicyclic amines) is 1. The maximum absolute atomic E-state index is 13.7. The van der Waals surface area contributed by atoms with Crippen LogP contribution in [0.3, 0.4) is 0 Å². The van der Waals surface area contributed by atoms with Crippen LogP contribution in [0.4, 0.5) is 10.1 Å². The van der Waals surface area contributed by atoms with Crippen molar-refractivity contribution in [1.29, 1.82) is 0 Å². The van der Waals surface area contributed by atoms with Gasteiger partial charge in [0.15, 0.2) is 0 Å². The predicted octanol–water partition coefficient (Wildman–Crippen LogP) is 2.12. The number of carbonyl (C=O) groups excluding carboxylic acids is 2. The Morgan fingerprint density at radius 2 is 2.00 bits per heavy atom. The minimum Gasteiger partial charge on any atom is -0.508 e. The minimum absolute atomic E-state index is 0.0495. The van der Waals surface area contributed by atoms with Crippen molar-refractivity contribution >= 4 is 17.5 Å². The first-order chi connectivity index (χ1) is 10.5. The molecule has 2 aliphatic rings. The number of rotatable bonds is 3. The van der Waals surface area contributed by atoms with Gasteiger partial charge in [0.25, 0.3) is 0 Å². The van der Waals surface area contributed by atoms with Gasteiger partial charge in [0.05, 0.1) is 11.6 Å². The van der Waals surface area contributed by atoms with E-state index in [4.69, 9.17) is 0 Å². The van der Waals surface area contributed by atoms with Gasteiger partial charge in [-0.3, -0.25) is 9.59 Å². The molecule has 1 saturated carbocycles. The third-order valence-corrected chi connectivity index (χ3v) is 4.24. The van der Waals surface area contributed by atoms with Crippen molar-refractivity contribution in [3.8, 4) is 5.75 Å². The Kier molecular flexibility index (Phi) is 4.00. The standard InChI is InChI=1S/C16H19FN2O3/c17-13-8-12(20)5-6-14(13)18-15(21)11-2-1-7-19(9-11)16(22)10-3-4-10/h5-6,8,10-11,20H,1-4,7,9H2,(H,18,21)/t11-/m0/s1. The number of hydrogen-bond acceptors (Lipinski definition) is 3. The van der Waals surface area contributed by atoms with Crippen molar-refractivity contribution < 1.29 is 19.1 Å². The van der Waals surface area contributed by atoms with Gasteiger partial charge in [-0.05, 0) is 37.8 Å². The summed E-state index contributed by atoms with van der Waals surface area (Å²) in [6.07, 6.45) is 3.38. The van der Waals surface area contributed by atoms with Gasteiger partial charge in [0, 0.05) is 25.1 Å². The Labute approximate surface area is 128 Å². The van der Waals surface area contributed by atoms with Crippen LogP contribution in [0.2, 0.25) is 0 Å². The van der Waals surface area contributed by atoms with Gasteiger partial charge in [-0.2, -0.15) is 0 Å². The van der Waals surface area contributed by atoms with Crippen molar-refractivity contribution in [1.82, 2.24) is 4.90 Å². The van der Waals surface area contributed by atoms with Crippen molar-refractivity contribution in [3.63, 3.8) is 0 Å². The zero-order chi connectivity index (χ0) is 15.7. The minimum atomic E-state index is -0.671. The zero-order valence-electron chi connectivity index (χ0n) is 12.2. The fraction of sp³-hybridized carbons (Fsp3) is 0.500. The van der Waals surface area contributed by atoms with Gasteiger partial charge in [-0.15, -0.1) is 0 Å². The largest absolute Gasteiger partial charge is 0.508 e. The highest BCUT2D eigenvalue weighted by molar-refractivity contribution is 5.93. The van der Waals surface area contributed by atoms with E-state index in [1.54, 1.807) is 4.90 Å². The fourth-order valence-electron chi connectivity index (χ4n) is 2.82. The van der Waals surface area contributed by atoms with Crippen LogP contribution in [0.1, 0.15) is 25.7 Å². The number of phenols is 1. The maximum Gasteiger partial charge on any atom is 0.229 e. The van der Waals surface area contributed by atoms with Crippen molar-refractivity contribution in [2.24, 2.45) is 11.8 Å². The van der Waals surface area contributed by atoms with Gasteiger partial charge in [-0.1, -0.05) is 0 Å². The lowest BCUT2D eigenvalue weighted by molar-refractivity contribution is -0.135. The molecule has 22 heavy (non-hydrogen) atoms. The molecule has 1 aliphatic heterocycles. The summed E-state index contributed by atoms with van der Waals surface area (Å²) in [5.74, 6) is -1.16. The smallest absolute Gasteiger partial charge is 0.229 e. The van der Waals surface area contributed by atoms with Crippen LogP contribution in [0.25, 0.3) is 0 Å². The Morgan fingerprint density at radius 3 is 2.68 bits per heavy atom. The first-order valence-electron chi connectivity index (χ1n) is 7.63. The van der Waals surface area contributed by atoms with Gasteiger partial charge < -0.3 is 15.3 Å². The molecule has 5 nitrogen and oxygen atoms in total. The number of amides is 2. The normalized spacial score (nSPS) is 21.5. The molecule has 1 aromatic carbocycles. The number of anilines is 1. The van der Waals surface area contributed by atoms with E-state index in [0.717, 1.165) is 25.3 Å². The third kappa shape index (κ3) is 3.21. The average molecular weight is 306 g/mol. The van der Waals surface area contributed by atoms with Gasteiger partial charge in [0.1, 0.15) is 11.6 Å². The van der Waals surface area contributed by atoms with Gasteiger partial charge in [0.2, 0.25) is 11.8 Å². The number of nitrogens with one attached hydrogen (secondary N) is 1. The SMILES string of the molecule is O=C(Nc1ccc(O)cc1F)[C@H]1CCCN(C(=O)C2CC2)C1. The number of halogens is 1. The van der Waals surface area contributed by atoms with Crippen LogP contribution in [0, 0.1) is 17.7 Å². The van der Waals surface area contributed by atoms with E-state index in [1.165, 1.54) is 12.1 Å². The van der Waals surface area contributed by atoms with E-state index >= 15 is 0 Å². The number of benzene rings is 1. The second kappa shape index (κ2) is 5.94. The molecular formula is C16H19FN2O3. The molecule has 0 radical (unpaired) electrons. The summed E-state index contributed by atoms with van der Waals surface area (Å²) in [5.41, 5.74) is 0.0495. The molecule has 1 saturated heterocycles. The molecule has 2 amide bonds. The lowest BCUT2D eigenvalue weighted by Crippen LogP contribution is -2.44. The molecule has 0 aromatic heterocycles. The molecular weight excluding hydrogens is 287 g/mol. The molecule has 1 aliphatic carbocycles. The van der Waals surface area contributed by atoms with E-state index in [9.17, 15) is 19.1 Å². The summed E-state index contributed by atoms with van der Waals surface area (Å²) in [7, 11) is 0. The highest BCUT2D eigenvalue weighted by Gasteiger charge is 2.36. The van der Waals surface area contributed by atoms with Crippen LogP contribution in [-0.2, 0) is 9.59 Å². The molecule has 1 aromatic rings. The molecule has 118 valence electrons. The topological polar surface area (TPSA) is 69.6 Å². The Hall–Kier alpha value is -2.11. The molecule has 3 rings (SSSR count). The summed E-state index contributed by atoms with van der Waals surface area (Å²) in [4.78, 5) is 26.1. The summed E-state index contributed by atoms with van der Waals surface area (Å²) >= 11 is 0. The van der Waals surface area contributed by atoms with Crippen molar-refractivity contribution in [2.75, 3.05) is 18.4 Å². The molecule has 6 heteroatoms. The number of hydrogen-bond donors (Lipinski definition) is 2. The number of aromatic hydroxyl groups is 1. The van der Waals surface area contributed by atoms with E-state index in [1.807, 2.05) is 0 Å². The van der Waals surface area contributed by atoms with Crippen LogP contribution >= 0.6 is 0 Å². The third-order valence-electron chi connectivity index (χ3n) is 4.24. The second-order valence-electron chi connectivity index (χ2n) is 6.05. The molecule has 1 heterocycles. The van der Waals surface area contributed by atoms with Gasteiger partial charge in [-0.25, -0.2) is 4.39 Å². The first kappa shape index (κ1) is 14.8. The van der Waals surface area contributed by atoms with Crippen molar-refractivity contribution in [2.45, 2.75) is 25.7 Å². The summed E-state index contributed by atoms with van der Waals surface area (Å²) in [6, 6.07) is 3.61. The number of piperidine rings is 1. The summed E-state index contributed by atoms with van der Waals surface area (Å²) < 4.78 is 13.7. The van der Waals surface area contributed by atoms with E-state index in [-0.39, 0.29) is 35.1 Å². The van der Waals surface area contributed by atoms with Gasteiger partial charge >= 0.3 is 0 Å². The number of phenolic OH excluding ortho intramolecular Hbond substituents is 1. The van der Waals surface area contributed by atoms with E-state index in [0.29, 0.717) is 19.5 Å². The monoisotopic (exact) mass is 306 g/mol. The van der Waals surface area contributed by atoms with E-state index in [2.05, 4.69) is 5.32 Å². The fourth-order valence-corrected chi connectivity index (χ4v) is 2.82. The zero-order valence-corrected chi connectivity index (χ0v) is 12.2. The Bertz CT molecular complexity index is 601. The lowest BCUT2D eigenvalue weighted by atomic mass is 9.96. The first-order valence-corrected chi connectivity index (χ1v) is 7.63. The van der Waals surface area contributed by atoms with Crippen molar-refractivity contribution in [3.05, 3.63) is 24.0 Å².